The first-order valence-electron chi connectivity index (χ1n) is 10.0. The van der Waals surface area contributed by atoms with E-state index >= 15 is 0 Å². The number of anilines is 1. The second-order valence-electron chi connectivity index (χ2n) is 7.37. The van der Waals surface area contributed by atoms with Crippen LogP contribution in [0.1, 0.15) is 27.6 Å². The van der Waals surface area contributed by atoms with Crippen molar-refractivity contribution >= 4 is 11.6 Å². The van der Waals surface area contributed by atoms with Crippen molar-refractivity contribution in [3.63, 3.8) is 0 Å². The molecule has 1 aromatic heterocycles. The molecule has 0 spiro atoms. The van der Waals surface area contributed by atoms with Crippen LogP contribution in [0.3, 0.4) is 0 Å². The van der Waals surface area contributed by atoms with E-state index in [2.05, 4.69) is 10.1 Å². The van der Waals surface area contributed by atoms with Crippen LogP contribution in [0.4, 0.5) is 18.9 Å². The van der Waals surface area contributed by atoms with Crippen LogP contribution in [-0.2, 0) is 12.8 Å². The fourth-order valence-corrected chi connectivity index (χ4v) is 3.47. The molecule has 1 saturated heterocycles. The highest BCUT2D eigenvalue weighted by Gasteiger charge is 2.31. The number of alkyl halides is 3. The Bertz CT molecular complexity index is 1070. The Morgan fingerprint density at radius 1 is 1.09 bits per heavy atom. The minimum Gasteiger partial charge on any atom is -0.485 e. The highest BCUT2D eigenvalue weighted by Crippen LogP contribution is 2.32. The van der Waals surface area contributed by atoms with Crippen molar-refractivity contribution in [1.82, 2.24) is 15.0 Å². The number of piperazine rings is 1. The summed E-state index contributed by atoms with van der Waals surface area (Å²) in [7, 11) is 0. The number of hydrogen-bond donors (Lipinski definition) is 0. The molecule has 32 heavy (non-hydrogen) atoms. The molecule has 10 heteroatoms. The number of aromatic nitrogens is 2. The summed E-state index contributed by atoms with van der Waals surface area (Å²) in [5.41, 5.74) is 0.343. The van der Waals surface area contributed by atoms with Gasteiger partial charge >= 0.3 is 6.18 Å². The van der Waals surface area contributed by atoms with Gasteiger partial charge in [0.05, 0.1) is 5.56 Å². The second kappa shape index (κ2) is 8.89. The van der Waals surface area contributed by atoms with Gasteiger partial charge in [-0.25, -0.2) is 0 Å². The van der Waals surface area contributed by atoms with Gasteiger partial charge in [0.1, 0.15) is 5.75 Å². The van der Waals surface area contributed by atoms with Gasteiger partial charge in [-0.15, -0.1) is 0 Å². The van der Waals surface area contributed by atoms with Gasteiger partial charge in [0.25, 0.3) is 5.91 Å². The summed E-state index contributed by atoms with van der Waals surface area (Å²) in [5.74, 6) is 1.33. The maximum absolute atomic E-state index is 13.0. The molecular weight excluding hydrogens is 425 g/mol. The van der Waals surface area contributed by atoms with Gasteiger partial charge in [0.2, 0.25) is 11.7 Å². The molecule has 0 saturated carbocycles. The lowest BCUT2D eigenvalue weighted by molar-refractivity contribution is -0.137. The zero-order chi connectivity index (χ0) is 22.7. The molecule has 168 valence electrons. The van der Waals surface area contributed by atoms with Gasteiger partial charge < -0.3 is 19.1 Å². The SMILES string of the molecule is Cc1nc(COc2ccc(C(=O)N3CCN(c4cccc(C(F)(F)F)c4)CC3)cc2)no1. The number of amides is 1. The van der Waals surface area contributed by atoms with Crippen molar-refractivity contribution in [1.29, 1.82) is 0 Å². The number of benzene rings is 2. The summed E-state index contributed by atoms with van der Waals surface area (Å²) < 4.78 is 49.4. The van der Waals surface area contributed by atoms with E-state index in [4.69, 9.17) is 9.26 Å². The molecule has 2 aromatic carbocycles. The van der Waals surface area contributed by atoms with Gasteiger partial charge in [0.15, 0.2) is 6.61 Å². The lowest BCUT2D eigenvalue weighted by atomic mass is 10.1. The zero-order valence-corrected chi connectivity index (χ0v) is 17.3. The minimum absolute atomic E-state index is 0.131. The Labute approximate surface area is 182 Å². The predicted molar refractivity (Wildman–Crippen MR) is 109 cm³/mol. The number of ether oxygens (including phenoxy) is 1. The molecule has 3 aromatic rings. The monoisotopic (exact) mass is 446 g/mol. The average Bonchev–Trinajstić information content (AvgIpc) is 3.22. The number of carbonyl (C=O) groups excluding carboxylic acids is 1. The zero-order valence-electron chi connectivity index (χ0n) is 17.3. The van der Waals surface area contributed by atoms with Crippen LogP contribution in [0, 0.1) is 6.92 Å². The number of aryl methyl sites for hydroxylation is 1. The highest BCUT2D eigenvalue weighted by molar-refractivity contribution is 5.94. The molecule has 2 heterocycles. The molecule has 1 amide bonds. The third-order valence-electron chi connectivity index (χ3n) is 5.14. The number of nitrogens with zero attached hydrogens (tertiary/aromatic N) is 4. The Balaban J connectivity index is 1.32. The van der Waals surface area contributed by atoms with E-state index in [1.807, 2.05) is 4.90 Å². The molecule has 0 atom stereocenters. The normalized spacial score (nSPS) is 14.5. The van der Waals surface area contributed by atoms with Crippen LogP contribution in [0.25, 0.3) is 0 Å². The van der Waals surface area contributed by atoms with Crippen molar-refractivity contribution in [3.05, 3.63) is 71.4 Å². The molecule has 0 N–H and O–H groups in total. The largest absolute Gasteiger partial charge is 0.485 e. The van der Waals surface area contributed by atoms with E-state index in [0.717, 1.165) is 12.1 Å². The summed E-state index contributed by atoms with van der Waals surface area (Å²) >= 11 is 0. The van der Waals surface area contributed by atoms with E-state index in [1.165, 1.54) is 6.07 Å². The minimum atomic E-state index is -4.38. The Kier molecular flexibility index (Phi) is 6.02. The maximum atomic E-state index is 13.0. The predicted octanol–water partition coefficient (Wildman–Crippen LogP) is 3.94. The fourth-order valence-electron chi connectivity index (χ4n) is 3.47. The summed E-state index contributed by atoms with van der Waals surface area (Å²) in [5, 5.41) is 3.75. The van der Waals surface area contributed by atoms with Crippen LogP contribution in [0.15, 0.2) is 53.1 Å². The number of carbonyl (C=O) groups is 1. The van der Waals surface area contributed by atoms with Crippen LogP contribution < -0.4 is 9.64 Å². The fraction of sp³-hybridized carbons (Fsp3) is 0.318. The Morgan fingerprint density at radius 2 is 1.81 bits per heavy atom. The van der Waals surface area contributed by atoms with Crippen LogP contribution >= 0.6 is 0 Å². The Morgan fingerprint density at radius 3 is 2.44 bits per heavy atom. The van der Waals surface area contributed by atoms with Crippen molar-refractivity contribution in [2.75, 3.05) is 31.1 Å². The summed E-state index contributed by atoms with van der Waals surface area (Å²) in [6.45, 7) is 3.60. The summed E-state index contributed by atoms with van der Waals surface area (Å²) in [6.07, 6.45) is -4.38. The Hall–Kier alpha value is -3.56. The van der Waals surface area contributed by atoms with Gasteiger partial charge in [-0.05, 0) is 42.5 Å². The molecule has 0 bridgehead atoms. The van der Waals surface area contributed by atoms with Crippen LogP contribution in [0.5, 0.6) is 5.75 Å². The first-order valence-corrected chi connectivity index (χ1v) is 10.0. The van der Waals surface area contributed by atoms with Gasteiger partial charge in [0, 0.05) is 44.4 Å². The van der Waals surface area contributed by atoms with E-state index in [0.29, 0.717) is 54.9 Å². The number of halogens is 3. The topological polar surface area (TPSA) is 71.7 Å². The highest BCUT2D eigenvalue weighted by atomic mass is 19.4. The molecule has 1 fully saturated rings. The van der Waals surface area contributed by atoms with Gasteiger partial charge in [-0.3, -0.25) is 4.79 Å². The molecule has 0 unspecified atom stereocenters. The third-order valence-corrected chi connectivity index (χ3v) is 5.14. The molecule has 7 nitrogen and oxygen atoms in total. The molecule has 0 aliphatic carbocycles. The summed E-state index contributed by atoms with van der Waals surface area (Å²) in [6, 6.07) is 12.0. The molecular formula is C22H21F3N4O3. The first-order chi connectivity index (χ1) is 15.3. The number of rotatable bonds is 5. The quantitative estimate of drug-likeness (QED) is 0.591. The van der Waals surface area contributed by atoms with Crippen LogP contribution in [0.2, 0.25) is 0 Å². The van der Waals surface area contributed by atoms with E-state index in [-0.39, 0.29) is 12.5 Å². The summed E-state index contributed by atoms with van der Waals surface area (Å²) in [4.78, 5) is 20.4. The van der Waals surface area contributed by atoms with Crippen molar-refractivity contribution in [2.45, 2.75) is 19.7 Å². The van der Waals surface area contributed by atoms with Crippen molar-refractivity contribution in [3.8, 4) is 5.75 Å². The molecule has 4 rings (SSSR count). The molecule has 1 aliphatic rings. The first kappa shape index (κ1) is 21.7. The molecule has 0 radical (unpaired) electrons. The lowest BCUT2D eigenvalue weighted by Gasteiger charge is -2.36. The lowest BCUT2D eigenvalue weighted by Crippen LogP contribution is -2.48. The standard InChI is InChI=1S/C22H21F3N4O3/c1-15-26-20(27-32-15)14-31-19-7-5-16(6-8-19)21(30)29-11-9-28(10-12-29)18-4-2-3-17(13-18)22(23,24)25/h2-8,13H,9-12,14H2,1H3. The van der Waals surface area contributed by atoms with Crippen molar-refractivity contribution < 1.29 is 27.2 Å². The smallest absolute Gasteiger partial charge is 0.416 e. The van der Waals surface area contributed by atoms with Gasteiger partial charge in [-0.1, -0.05) is 11.2 Å². The van der Waals surface area contributed by atoms with E-state index in [1.54, 1.807) is 42.2 Å². The van der Waals surface area contributed by atoms with Crippen molar-refractivity contribution in [2.24, 2.45) is 0 Å². The van der Waals surface area contributed by atoms with Crippen LogP contribution in [-0.4, -0.2) is 47.1 Å². The van der Waals surface area contributed by atoms with E-state index in [9.17, 15) is 18.0 Å². The average molecular weight is 446 g/mol. The van der Waals surface area contributed by atoms with E-state index < -0.39 is 11.7 Å². The molecule has 1 aliphatic heterocycles. The number of hydrogen-bond acceptors (Lipinski definition) is 6. The second-order valence-corrected chi connectivity index (χ2v) is 7.37. The van der Waals surface area contributed by atoms with Gasteiger partial charge in [-0.2, -0.15) is 18.2 Å². The maximum Gasteiger partial charge on any atom is 0.416 e. The third kappa shape index (κ3) is 5.01.